The second-order valence-corrected chi connectivity index (χ2v) is 7.35. The first-order valence-corrected chi connectivity index (χ1v) is 9.62. The van der Waals surface area contributed by atoms with Gasteiger partial charge in [-0.2, -0.15) is 0 Å². The third-order valence-corrected chi connectivity index (χ3v) is 5.66. The number of likely N-dealkylation sites (tertiary alicyclic amines) is 1. The molecule has 1 aromatic heterocycles. The van der Waals surface area contributed by atoms with Crippen molar-refractivity contribution in [3.63, 3.8) is 0 Å². The lowest BCUT2D eigenvalue weighted by Gasteiger charge is -2.38. The predicted molar refractivity (Wildman–Crippen MR) is 104 cm³/mol. The Morgan fingerprint density at radius 2 is 1.75 bits per heavy atom. The zero-order valence-electron chi connectivity index (χ0n) is 15.6. The van der Waals surface area contributed by atoms with Gasteiger partial charge in [-0.3, -0.25) is 4.98 Å². The Hall–Kier alpha value is -3.09. The minimum atomic E-state index is -0.884. The quantitative estimate of drug-likeness (QED) is 0.884. The Labute approximate surface area is 164 Å². The first kappa shape index (κ1) is 18.3. The molecule has 0 aliphatic carbocycles. The first-order valence-electron chi connectivity index (χ1n) is 9.62. The number of piperidine rings is 1. The summed E-state index contributed by atoms with van der Waals surface area (Å²) in [5.74, 6) is 0. The standard InChI is InChI=1S/C21H24N4O3/c26-20-24(14-16-6-10-22-11-7-16)15-19(17-4-2-1-3-5-17)25(20)18-8-12-23(13-9-18)21(27)28/h1-7,10-11,18-19H,8-9,12-15H2,(H,27,28)/t19-/m0/s1. The highest BCUT2D eigenvalue weighted by atomic mass is 16.4. The molecule has 2 aliphatic heterocycles. The van der Waals surface area contributed by atoms with Crippen LogP contribution in [0.1, 0.15) is 30.0 Å². The Balaban J connectivity index is 1.56. The van der Waals surface area contributed by atoms with E-state index in [2.05, 4.69) is 17.1 Å². The Bertz CT molecular complexity index is 822. The minimum absolute atomic E-state index is 0.0167. The van der Waals surface area contributed by atoms with Crippen molar-refractivity contribution in [1.82, 2.24) is 19.7 Å². The molecule has 1 aromatic carbocycles. The fourth-order valence-electron chi connectivity index (χ4n) is 4.20. The van der Waals surface area contributed by atoms with E-state index in [0.29, 0.717) is 39.0 Å². The van der Waals surface area contributed by atoms with Crippen molar-refractivity contribution < 1.29 is 14.7 Å². The number of urea groups is 1. The van der Waals surface area contributed by atoms with Crippen molar-refractivity contribution in [2.45, 2.75) is 31.5 Å². The van der Waals surface area contributed by atoms with Crippen LogP contribution in [0.25, 0.3) is 0 Å². The lowest BCUT2D eigenvalue weighted by molar-refractivity contribution is 0.0993. The predicted octanol–water partition coefficient (Wildman–Crippen LogP) is 3.20. The Morgan fingerprint density at radius 1 is 1.07 bits per heavy atom. The van der Waals surface area contributed by atoms with Crippen molar-refractivity contribution >= 4 is 12.1 Å². The summed E-state index contributed by atoms with van der Waals surface area (Å²) in [4.78, 5) is 33.9. The molecule has 1 atom stereocenters. The van der Waals surface area contributed by atoms with Gasteiger partial charge in [0.2, 0.25) is 0 Å². The average Bonchev–Trinajstić information content (AvgIpc) is 3.05. The summed E-state index contributed by atoms with van der Waals surface area (Å²) < 4.78 is 0. The molecule has 2 aromatic rings. The second kappa shape index (κ2) is 7.88. The summed E-state index contributed by atoms with van der Waals surface area (Å²) in [5.41, 5.74) is 2.17. The smallest absolute Gasteiger partial charge is 0.407 e. The fourth-order valence-corrected chi connectivity index (χ4v) is 4.20. The molecule has 3 heterocycles. The maximum Gasteiger partial charge on any atom is 0.407 e. The lowest BCUT2D eigenvalue weighted by atomic mass is 9.99. The second-order valence-electron chi connectivity index (χ2n) is 7.35. The molecule has 2 fully saturated rings. The minimum Gasteiger partial charge on any atom is -0.465 e. The Kier molecular flexibility index (Phi) is 5.14. The molecule has 7 nitrogen and oxygen atoms in total. The molecular formula is C21H24N4O3. The van der Waals surface area contributed by atoms with Gasteiger partial charge in [0.25, 0.3) is 0 Å². The first-order chi connectivity index (χ1) is 13.6. The van der Waals surface area contributed by atoms with E-state index in [1.54, 1.807) is 12.4 Å². The lowest BCUT2D eigenvalue weighted by Crippen LogP contribution is -2.48. The van der Waals surface area contributed by atoms with Crippen molar-refractivity contribution in [3.8, 4) is 0 Å². The van der Waals surface area contributed by atoms with Crippen LogP contribution in [0.5, 0.6) is 0 Å². The molecule has 2 aliphatic rings. The summed E-state index contributed by atoms with van der Waals surface area (Å²) in [7, 11) is 0. The highest BCUT2D eigenvalue weighted by Crippen LogP contribution is 2.35. The largest absolute Gasteiger partial charge is 0.465 e. The number of carboxylic acid groups (broad SMARTS) is 1. The maximum atomic E-state index is 13.3. The number of benzene rings is 1. The van der Waals surface area contributed by atoms with E-state index >= 15 is 0 Å². The van der Waals surface area contributed by atoms with Crippen LogP contribution in [-0.2, 0) is 6.54 Å². The van der Waals surface area contributed by atoms with Gasteiger partial charge in [0.05, 0.1) is 6.04 Å². The van der Waals surface area contributed by atoms with Crippen LogP contribution in [0.2, 0.25) is 0 Å². The van der Waals surface area contributed by atoms with Gasteiger partial charge in [0, 0.05) is 44.6 Å². The average molecular weight is 380 g/mol. The molecule has 0 radical (unpaired) electrons. The summed E-state index contributed by atoms with van der Waals surface area (Å²) in [6, 6.07) is 14.0. The molecule has 1 N–H and O–H groups in total. The number of carbonyl (C=O) groups is 2. The van der Waals surface area contributed by atoms with Gasteiger partial charge in [-0.15, -0.1) is 0 Å². The van der Waals surface area contributed by atoms with Gasteiger partial charge < -0.3 is 19.8 Å². The van der Waals surface area contributed by atoms with Gasteiger partial charge in [-0.25, -0.2) is 9.59 Å². The van der Waals surface area contributed by atoms with Crippen LogP contribution in [0.3, 0.4) is 0 Å². The number of carbonyl (C=O) groups excluding carboxylic acids is 1. The van der Waals surface area contributed by atoms with Crippen LogP contribution in [0.4, 0.5) is 9.59 Å². The number of aromatic nitrogens is 1. The van der Waals surface area contributed by atoms with Gasteiger partial charge in [0.1, 0.15) is 0 Å². The number of nitrogens with zero attached hydrogens (tertiary/aromatic N) is 4. The third kappa shape index (κ3) is 3.65. The summed E-state index contributed by atoms with van der Waals surface area (Å²) in [5, 5.41) is 9.21. The molecule has 4 rings (SSSR count). The van der Waals surface area contributed by atoms with E-state index in [1.807, 2.05) is 40.1 Å². The van der Waals surface area contributed by atoms with Crippen molar-refractivity contribution in [1.29, 1.82) is 0 Å². The van der Waals surface area contributed by atoms with Gasteiger partial charge in [-0.1, -0.05) is 30.3 Å². The normalized spacial score (nSPS) is 20.6. The molecule has 0 spiro atoms. The number of hydrogen-bond acceptors (Lipinski definition) is 3. The molecule has 0 saturated carbocycles. The summed E-state index contributed by atoms with van der Waals surface area (Å²) in [6.07, 6.45) is 3.94. The van der Waals surface area contributed by atoms with Crippen LogP contribution < -0.4 is 0 Å². The number of hydrogen-bond donors (Lipinski definition) is 1. The third-order valence-electron chi connectivity index (χ3n) is 5.66. The van der Waals surface area contributed by atoms with E-state index in [4.69, 9.17) is 0 Å². The number of rotatable bonds is 4. The van der Waals surface area contributed by atoms with E-state index in [1.165, 1.54) is 4.90 Å². The van der Waals surface area contributed by atoms with Crippen LogP contribution in [0.15, 0.2) is 54.9 Å². The van der Waals surface area contributed by atoms with Gasteiger partial charge in [0.15, 0.2) is 0 Å². The highest BCUT2D eigenvalue weighted by Gasteiger charge is 2.43. The van der Waals surface area contributed by atoms with E-state index in [0.717, 1.165) is 11.1 Å². The van der Waals surface area contributed by atoms with E-state index < -0.39 is 6.09 Å². The molecule has 146 valence electrons. The van der Waals surface area contributed by atoms with Crippen molar-refractivity contribution in [2.75, 3.05) is 19.6 Å². The monoisotopic (exact) mass is 380 g/mol. The SMILES string of the molecule is O=C(O)N1CCC(N2C(=O)N(Cc3ccncc3)C[C@H]2c2ccccc2)CC1. The van der Waals surface area contributed by atoms with Gasteiger partial charge >= 0.3 is 12.1 Å². The molecule has 3 amide bonds. The molecule has 28 heavy (non-hydrogen) atoms. The summed E-state index contributed by atoms with van der Waals surface area (Å²) in [6.45, 7) is 2.12. The molecule has 7 heteroatoms. The van der Waals surface area contributed by atoms with Crippen LogP contribution >= 0.6 is 0 Å². The molecular weight excluding hydrogens is 356 g/mol. The maximum absolute atomic E-state index is 13.3. The topological polar surface area (TPSA) is 77.0 Å². The fraction of sp³-hybridized carbons (Fsp3) is 0.381. The van der Waals surface area contributed by atoms with Crippen molar-refractivity contribution in [2.24, 2.45) is 0 Å². The number of pyridine rings is 1. The van der Waals surface area contributed by atoms with Crippen LogP contribution in [-0.4, -0.2) is 62.6 Å². The Morgan fingerprint density at radius 3 is 2.39 bits per heavy atom. The molecule has 0 unspecified atom stereocenters. The van der Waals surface area contributed by atoms with Gasteiger partial charge in [-0.05, 0) is 36.1 Å². The van der Waals surface area contributed by atoms with E-state index in [-0.39, 0.29) is 18.1 Å². The molecule has 2 saturated heterocycles. The molecule has 0 bridgehead atoms. The van der Waals surface area contributed by atoms with E-state index in [9.17, 15) is 14.7 Å². The van der Waals surface area contributed by atoms with Crippen molar-refractivity contribution in [3.05, 3.63) is 66.0 Å². The van der Waals surface area contributed by atoms with Crippen LogP contribution in [0, 0.1) is 0 Å². The zero-order valence-corrected chi connectivity index (χ0v) is 15.6. The number of amides is 3. The highest BCUT2D eigenvalue weighted by molar-refractivity contribution is 5.78. The summed E-state index contributed by atoms with van der Waals surface area (Å²) >= 11 is 0. The zero-order chi connectivity index (χ0) is 19.5.